The number of carbonyl (C=O) groups is 1. The molecule has 0 heterocycles. The van der Waals surface area contributed by atoms with Crippen molar-refractivity contribution in [2.24, 2.45) is 0 Å². The first kappa shape index (κ1) is 15.4. The first-order chi connectivity index (χ1) is 10.0. The summed E-state index contributed by atoms with van der Waals surface area (Å²) in [5.74, 6) is 0.00563. The number of hydrogen-bond acceptors (Lipinski definition) is 3. The number of aromatic hydroxyl groups is 1. The molecule has 0 saturated carbocycles. The van der Waals surface area contributed by atoms with E-state index in [1.807, 2.05) is 25.1 Å². The number of anilines is 1. The Balaban J connectivity index is 2.24. The number of methoxy groups -OCH3 is 1. The Hall–Kier alpha value is -2.01. The topological polar surface area (TPSA) is 58.6 Å². The molecule has 0 aliphatic carbocycles. The van der Waals surface area contributed by atoms with Crippen LogP contribution in [0.2, 0.25) is 0 Å². The van der Waals surface area contributed by atoms with Crippen molar-refractivity contribution in [1.82, 2.24) is 0 Å². The van der Waals surface area contributed by atoms with Crippen LogP contribution < -0.4 is 10.1 Å². The van der Waals surface area contributed by atoms with E-state index in [9.17, 15) is 9.90 Å². The molecule has 0 aliphatic rings. The van der Waals surface area contributed by atoms with Crippen molar-refractivity contribution in [3.63, 3.8) is 0 Å². The van der Waals surface area contributed by atoms with E-state index in [1.54, 1.807) is 12.1 Å². The molecule has 2 rings (SSSR count). The smallest absolute Gasteiger partial charge is 0.255 e. The van der Waals surface area contributed by atoms with Gasteiger partial charge in [-0.05, 0) is 48.4 Å². The fraction of sp³-hybridized carbons (Fsp3) is 0.188. The predicted octanol–water partition coefficient (Wildman–Crippen LogP) is 3.98. The molecule has 1 amide bonds. The Labute approximate surface area is 131 Å². The lowest BCUT2D eigenvalue weighted by Crippen LogP contribution is -2.13. The summed E-state index contributed by atoms with van der Waals surface area (Å²) in [7, 11) is 1.46. The third-order valence-corrected chi connectivity index (χ3v) is 3.63. The number of phenolic OH excluding ortho intramolecular Hbond substituents is 1. The fourth-order valence-electron chi connectivity index (χ4n) is 2.00. The normalized spacial score (nSPS) is 10.2. The highest BCUT2D eigenvalue weighted by molar-refractivity contribution is 9.10. The molecule has 0 aliphatic heterocycles. The molecule has 0 unspecified atom stereocenters. The summed E-state index contributed by atoms with van der Waals surface area (Å²) < 4.78 is 5.93. The van der Waals surface area contributed by atoms with Crippen LogP contribution in [0.1, 0.15) is 22.8 Å². The summed E-state index contributed by atoms with van der Waals surface area (Å²) in [5.41, 5.74) is 2.18. The summed E-state index contributed by atoms with van der Waals surface area (Å²) in [6.45, 7) is 2.02. The Morgan fingerprint density at radius 3 is 2.67 bits per heavy atom. The average Bonchev–Trinajstić information content (AvgIpc) is 2.48. The molecule has 2 aromatic carbocycles. The molecule has 0 aromatic heterocycles. The highest BCUT2D eigenvalue weighted by atomic mass is 79.9. The van der Waals surface area contributed by atoms with Crippen LogP contribution in [-0.4, -0.2) is 18.1 Å². The summed E-state index contributed by atoms with van der Waals surface area (Å²) in [4.78, 5) is 12.2. The van der Waals surface area contributed by atoms with Crippen LogP contribution in [0.5, 0.6) is 11.5 Å². The Morgan fingerprint density at radius 1 is 1.29 bits per heavy atom. The van der Waals surface area contributed by atoms with Gasteiger partial charge in [-0.25, -0.2) is 0 Å². The molecule has 0 fully saturated rings. The van der Waals surface area contributed by atoms with Gasteiger partial charge < -0.3 is 15.2 Å². The second kappa shape index (κ2) is 6.63. The molecule has 0 saturated heterocycles. The van der Waals surface area contributed by atoms with Crippen LogP contribution in [0.4, 0.5) is 5.69 Å². The number of hydrogen-bond donors (Lipinski definition) is 2. The third kappa shape index (κ3) is 3.55. The fourth-order valence-corrected chi connectivity index (χ4v) is 2.41. The van der Waals surface area contributed by atoms with E-state index in [0.29, 0.717) is 11.3 Å². The number of aryl methyl sites for hydroxylation is 1. The van der Waals surface area contributed by atoms with E-state index in [2.05, 4.69) is 21.2 Å². The Kier molecular flexibility index (Phi) is 4.85. The summed E-state index contributed by atoms with van der Waals surface area (Å²) in [6, 6.07) is 10.3. The molecule has 0 spiro atoms. The van der Waals surface area contributed by atoms with Gasteiger partial charge in [-0.15, -0.1) is 0 Å². The highest BCUT2D eigenvalue weighted by Gasteiger charge is 2.11. The van der Waals surface area contributed by atoms with Crippen molar-refractivity contribution in [2.45, 2.75) is 13.3 Å². The van der Waals surface area contributed by atoms with Crippen LogP contribution in [0, 0.1) is 0 Å². The maximum absolute atomic E-state index is 12.2. The van der Waals surface area contributed by atoms with Gasteiger partial charge in [0.05, 0.1) is 7.11 Å². The monoisotopic (exact) mass is 349 g/mol. The second-order valence-corrected chi connectivity index (χ2v) is 5.41. The summed E-state index contributed by atoms with van der Waals surface area (Å²) in [5, 5.41) is 12.6. The minimum atomic E-state index is -0.273. The number of rotatable bonds is 4. The Bertz CT molecular complexity index is 671. The predicted molar refractivity (Wildman–Crippen MR) is 86.1 cm³/mol. The van der Waals surface area contributed by atoms with Gasteiger partial charge in [0.2, 0.25) is 0 Å². The quantitative estimate of drug-likeness (QED) is 0.877. The number of nitrogens with one attached hydrogen (secondary N) is 1. The molecule has 0 bridgehead atoms. The molecule has 21 heavy (non-hydrogen) atoms. The van der Waals surface area contributed by atoms with Crippen molar-refractivity contribution in [3.8, 4) is 11.5 Å². The van der Waals surface area contributed by atoms with Crippen LogP contribution in [0.3, 0.4) is 0 Å². The molecular weight excluding hydrogens is 334 g/mol. The largest absolute Gasteiger partial charge is 0.504 e. The molecule has 2 N–H and O–H groups in total. The molecule has 2 aromatic rings. The van der Waals surface area contributed by atoms with Gasteiger partial charge in [-0.2, -0.15) is 0 Å². The number of halogens is 1. The van der Waals surface area contributed by atoms with E-state index in [1.165, 1.54) is 13.2 Å². The zero-order valence-electron chi connectivity index (χ0n) is 11.8. The van der Waals surface area contributed by atoms with Gasteiger partial charge in [0.1, 0.15) is 0 Å². The minimum absolute atomic E-state index is 0.0586. The first-order valence-corrected chi connectivity index (χ1v) is 7.31. The lowest BCUT2D eigenvalue weighted by atomic mass is 10.1. The van der Waals surface area contributed by atoms with Crippen LogP contribution >= 0.6 is 15.9 Å². The molecule has 0 atom stereocenters. The zero-order valence-corrected chi connectivity index (χ0v) is 13.4. The third-order valence-electron chi connectivity index (χ3n) is 3.14. The minimum Gasteiger partial charge on any atom is -0.504 e. The van der Waals surface area contributed by atoms with Gasteiger partial charge in [0.25, 0.3) is 5.91 Å². The number of amides is 1. The average molecular weight is 350 g/mol. The zero-order chi connectivity index (χ0) is 15.4. The maximum Gasteiger partial charge on any atom is 0.255 e. The van der Waals surface area contributed by atoms with E-state index < -0.39 is 0 Å². The SMILES string of the molecule is CCc1cc(Br)ccc1NC(=O)c1ccc(OC)c(O)c1. The van der Waals surface area contributed by atoms with Crippen LogP contribution in [-0.2, 0) is 6.42 Å². The van der Waals surface area contributed by atoms with Gasteiger partial charge >= 0.3 is 0 Å². The number of benzene rings is 2. The van der Waals surface area contributed by atoms with Crippen LogP contribution in [0.15, 0.2) is 40.9 Å². The van der Waals surface area contributed by atoms with Crippen molar-refractivity contribution in [2.75, 3.05) is 12.4 Å². The number of phenols is 1. The molecule has 110 valence electrons. The summed E-state index contributed by atoms with van der Waals surface area (Å²) in [6.07, 6.45) is 0.808. The van der Waals surface area contributed by atoms with E-state index in [4.69, 9.17) is 4.74 Å². The lowest BCUT2D eigenvalue weighted by molar-refractivity contribution is 0.102. The lowest BCUT2D eigenvalue weighted by Gasteiger charge is -2.11. The standard InChI is InChI=1S/C16H16BrNO3/c1-3-10-8-12(17)5-6-13(10)18-16(20)11-4-7-15(21-2)14(19)9-11/h4-9,19H,3H2,1-2H3,(H,18,20). The second-order valence-electron chi connectivity index (χ2n) is 4.50. The molecule has 0 radical (unpaired) electrons. The highest BCUT2D eigenvalue weighted by Crippen LogP contribution is 2.27. The van der Waals surface area contributed by atoms with Crippen LogP contribution in [0.25, 0.3) is 0 Å². The molecule has 4 nitrogen and oxygen atoms in total. The molecule has 5 heteroatoms. The van der Waals surface area contributed by atoms with Gasteiger partial charge in [-0.1, -0.05) is 22.9 Å². The van der Waals surface area contributed by atoms with Gasteiger partial charge in [-0.3, -0.25) is 4.79 Å². The summed E-state index contributed by atoms with van der Waals surface area (Å²) >= 11 is 3.41. The van der Waals surface area contributed by atoms with E-state index in [-0.39, 0.29) is 11.7 Å². The van der Waals surface area contributed by atoms with E-state index >= 15 is 0 Å². The number of carbonyl (C=O) groups excluding carboxylic acids is 1. The Morgan fingerprint density at radius 2 is 2.05 bits per heavy atom. The number of ether oxygens (including phenoxy) is 1. The van der Waals surface area contributed by atoms with Crippen molar-refractivity contribution in [1.29, 1.82) is 0 Å². The van der Waals surface area contributed by atoms with Crippen molar-refractivity contribution < 1.29 is 14.6 Å². The maximum atomic E-state index is 12.2. The molecular formula is C16H16BrNO3. The van der Waals surface area contributed by atoms with Gasteiger partial charge in [0.15, 0.2) is 11.5 Å². The van der Waals surface area contributed by atoms with E-state index in [0.717, 1.165) is 22.1 Å². The van der Waals surface area contributed by atoms with Gasteiger partial charge in [0, 0.05) is 15.7 Å². The first-order valence-electron chi connectivity index (χ1n) is 6.52. The van der Waals surface area contributed by atoms with Crippen molar-refractivity contribution in [3.05, 3.63) is 52.0 Å². The van der Waals surface area contributed by atoms with Crippen molar-refractivity contribution >= 4 is 27.5 Å².